The number of ether oxygens (including phenoxy) is 1. The second-order valence-corrected chi connectivity index (χ2v) is 5.80. The van der Waals surface area contributed by atoms with E-state index in [1.54, 1.807) is 18.0 Å². The highest BCUT2D eigenvalue weighted by Crippen LogP contribution is 2.22. The minimum Gasteiger partial charge on any atom is -0.469 e. The number of amides is 1. The number of hydrogen-bond donors (Lipinski definition) is 0. The Bertz CT molecular complexity index is 477. The van der Waals surface area contributed by atoms with E-state index in [9.17, 15) is 9.59 Å². The standard InChI is InChI=1S/C13H15Br2NO3/c1-16(7-3-4-12(17)19-2)13(18)10-8-9(14)5-6-11(10)15/h5-6,8H,3-4,7H2,1-2H3. The van der Waals surface area contributed by atoms with Crippen LogP contribution in [0, 0.1) is 0 Å². The van der Waals surface area contributed by atoms with Crippen molar-refractivity contribution in [3.05, 3.63) is 32.7 Å². The van der Waals surface area contributed by atoms with Crippen LogP contribution in [0.5, 0.6) is 0 Å². The van der Waals surface area contributed by atoms with Crippen molar-refractivity contribution in [1.82, 2.24) is 4.90 Å². The number of esters is 1. The molecular weight excluding hydrogens is 378 g/mol. The normalized spacial score (nSPS) is 10.1. The van der Waals surface area contributed by atoms with E-state index in [1.807, 2.05) is 12.1 Å². The Balaban J connectivity index is 2.61. The summed E-state index contributed by atoms with van der Waals surface area (Å²) < 4.78 is 6.16. The van der Waals surface area contributed by atoms with E-state index in [2.05, 4.69) is 36.6 Å². The number of benzene rings is 1. The molecule has 1 aromatic rings. The number of nitrogens with zero attached hydrogens (tertiary/aromatic N) is 1. The van der Waals surface area contributed by atoms with Crippen LogP contribution in [-0.2, 0) is 9.53 Å². The summed E-state index contributed by atoms with van der Waals surface area (Å²) in [5.41, 5.74) is 0.593. The first kappa shape index (κ1) is 16.2. The van der Waals surface area contributed by atoms with E-state index in [1.165, 1.54) is 7.11 Å². The van der Waals surface area contributed by atoms with Gasteiger partial charge in [-0.05, 0) is 40.5 Å². The molecule has 104 valence electrons. The molecule has 1 rings (SSSR count). The van der Waals surface area contributed by atoms with Crippen LogP contribution in [-0.4, -0.2) is 37.5 Å². The summed E-state index contributed by atoms with van der Waals surface area (Å²) >= 11 is 6.70. The Morgan fingerprint density at radius 1 is 1.32 bits per heavy atom. The lowest BCUT2D eigenvalue weighted by molar-refractivity contribution is -0.140. The number of methoxy groups -OCH3 is 1. The molecule has 0 aliphatic rings. The Morgan fingerprint density at radius 2 is 2.00 bits per heavy atom. The maximum atomic E-state index is 12.2. The van der Waals surface area contributed by atoms with E-state index in [0.717, 1.165) is 8.95 Å². The maximum absolute atomic E-state index is 12.2. The monoisotopic (exact) mass is 391 g/mol. The zero-order valence-electron chi connectivity index (χ0n) is 10.8. The summed E-state index contributed by atoms with van der Waals surface area (Å²) in [7, 11) is 3.07. The van der Waals surface area contributed by atoms with Crippen molar-refractivity contribution in [2.45, 2.75) is 12.8 Å². The van der Waals surface area contributed by atoms with Crippen molar-refractivity contribution in [3.8, 4) is 0 Å². The molecule has 6 heteroatoms. The first-order valence-electron chi connectivity index (χ1n) is 5.73. The third-order valence-electron chi connectivity index (χ3n) is 2.61. The van der Waals surface area contributed by atoms with E-state index >= 15 is 0 Å². The third kappa shape index (κ3) is 4.95. The first-order valence-corrected chi connectivity index (χ1v) is 7.31. The fourth-order valence-electron chi connectivity index (χ4n) is 1.53. The fraction of sp³-hybridized carbons (Fsp3) is 0.385. The molecule has 0 aromatic heterocycles. The summed E-state index contributed by atoms with van der Waals surface area (Å²) in [6, 6.07) is 5.45. The van der Waals surface area contributed by atoms with Gasteiger partial charge in [0, 0.05) is 29.0 Å². The summed E-state index contributed by atoms with van der Waals surface area (Å²) in [4.78, 5) is 24.8. The number of carbonyl (C=O) groups excluding carboxylic acids is 2. The second kappa shape index (κ2) is 7.65. The Hall–Kier alpha value is -0.880. The molecule has 0 aliphatic carbocycles. The number of rotatable bonds is 5. The first-order chi connectivity index (χ1) is 8.95. The highest BCUT2D eigenvalue weighted by atomic mass is 79.9. The summed E-state index contributed by atoms with van der Waals surface area (Å²) in [6.45, 7) is 0.507. The average Bonchev–Trinajstić information content (AvgIpc) is 2.40. The lowest BCUT2D eigenvalue weighted by Crippen LogP contribution is -2.28. The highest BCUT2D eigenvalue weighted by Gasteiger charge is 2.15. The molecule has 0 heterocycles. The van der Waals surface area contributed by atoms with Crippen LogP contribution in [0.25, 0.3) is 0 Å². The van der Waals surface area contributed by atoms with Gasteiger partial charge in [-0.25, -0.2) is 0 Å². The Kier molecular flexibility index (Phi) is 6.51. The summed E-state index contributed by atoms with van der Waals surface area (Å²) in [5, 5.41) is 0. The van der Waals surface area contributed by atoms with Crippen LogP contribution >= 0.6 is 31.9 Å². The summed E-state index contributed by atoms with van der Waals surface area (Å²) in [6.07, 6.45) is 0.897. The van der Waals surface area contributed by atoms with E-state index in [0.29, 0.717) is 24.9 Å². The molecule has 19 heavy (non-hydrogen) atoms. The van der Waals surface area contributed by atoms with Crippen LogP contribution in [0.1, 0.15) is 23.2 Å². The van der Waals surface area contributed by atoms with Crippen LogP contribution < -0.4 is 0 Å². The molecule has 0 aliphatic heterocycles. The number of halogens is 2. The zero-order valence-corrected chi connectivity index (χ0v) is 14.0. The second-order valence-electron chi connectivity index (χ2n) is 4.03. The molecule has 0 bridgehead atoms. The number of hydrogen-bond acceptors (Lipinski definition) is 3. The van der Waals surface area contributed by atoms with E-state index < -0.39 is 0 Å². The van der Waals surface area contributed by atoms with Crippen LogP contribution in [0.3, 0.4) is 0 Å². The SMILES string of the molecule is COC(=O)CCCN(C)C(=O)c1cc(Br)ccc1Br. The maximum Gasteiger partial charge on any atom is 0.305 e. The molecule has 0 fully saturated rings. The van der Waals surface area contributed by atoms with Gasteiger partial charge in [-0.3, -0.25) is 9.59 Å². The smallest absolute Gasteiger partial charge is 0.305 e. The van der Waals surface area contributed by atoms with Crippen molar-refractivity contribution in [2.75, 3.05) is 20.7 Å². The molecule has 0 atom stereocenters. The van der Waals surface area contributed by atoms with Gasteiger partial charge in [0.15, 0.2) is 0 Å². The van der Waals surface area contributed by atoms with Gasteiger partial charge in [-0.1, -0.05) is 15.9 Å². The van der Waals surface area contributed by atoms with Crippen LogP contribution in [0.4, 0.5) is 0 Å². The van der Waals surface area contributed by atoms with Gasteiger partial charge < -0.3 is 9.64 Å². The van der Waals surface area contributed by atoms with Crippen molar-refractivity contribution < 1.29 is 14.3 Å². The topological polar surface area (TPSA) is 46.6 Å². The lowest BCUT2D eigenvalue weighted by atomic mass is 10.2. The largest absolute Gasteiger partial charge is 0.469 e. The molecule has 0 saturated heterocycles. The van der Waals surface area contributed by atoms with Gasteiger partial charge in [0.05, 0.1) is 12.7 Å². The van der Waals surface area contributed by atoms with Gasteiger partial charge >= 0.3 is 5.97 Å². The third-order valence-corrected chi connectivity index (χ3v) is 3.79. The van der Waals surface area contributed by atoms with Crippen molar-refractivity contribution in [2.24, 2.45) is 0 Å². The van der Waals surface area contributed by atoms with Crippen LogP contribution in [0.15, 0.2) is 27.1 Å². The molecule has 4 nitrogen and oxygen atoms in total. The van der Waals surface area contributed by atoms with Crippen molar-refractivity contribution in [1.29, 1.82) is 0 Å². The fourth-order valence-corrected chi connectivity index (χ4v) is 2.31. The molecule has 0 spiro atoms. The highest BCUT2D eigenvalue weighted by molar-refractivity contribution is 9.11. The van der Waals surface area contributed by atoms with E-state index in [4.69, 9.17) is 0 Å². The minimum atomic E-state index is -0.260. The molecule has 0 saturated carbocycles. The Morgan fingerprint density at radius 3 is 2.63 bits per heavy atom. The Labute approximate surface area is 129 Å². The van der Waals surface area contributed by atoms with Gasteiger partial charge in [0.25, 0.3) is 5.91 Å². The molecule has 0 radical (unpaired) electrons. The van der Waals surface area contributed by atoms with Crippen molar-refractivity contribution in [3.63, 3.8) is 0 Å². The predicted molar refractivity (Wildman–Crippen MR) is 80.1 cm³/mol. The minimum absolute atomic E-state index is 0.0851. The average molecular weight is 393 g/mol. The molecule has 1 amide bonds. The molecule has 0 N–H and O–H groups in total. The molecule has 1 aromatic carbocycles. The predicted octanol–water partition coefficient (Wildman–Crippen LogP) is 3.24. The lowest BCUT2D eigenvalue weighted by Gasteiger charge is -2.17. The van der Waals surface area contributed by atoms with Crippen LogP contribution in [0.2, 0.25) is 0 Å². The van der Waals surface area contributed by atoms with Gasteiger partial charge in [0.1, 0.15) is 0 Å². The quantitative estimate of drug-likeness (QED) is 0.722. The zero-order chi connectivity index (χ0) is 14.4. The van der Waals surface area contributed by atoms with Gasteiger partial charge in [-0.2, -0.15) is 0 Å². The van der Waals surface area contributed by atoms with Gasteiger partial charge in [-0.15, -0.1) is 0 Å². The summed E-state index contributed by atoms with van der Waals surface area (Å²) in [5.74, 6) is -0.345. The molecule has 0 unspecified atom stereocenters. The van der Waals surface area contributed by atoms with Gasteiger partial charge in [0.2, 0.25) is 0 Å². The van der Waals surface area contributed by atoms with E-state index in [-0.39, 0.29) is 11.9 Å². The van der Waals surface area contributed by atoms with Crippen molar-refractivity contribution >= 4 is 43.7 Å². The number of carbonyl (C=O) groups is 2. The molecular formula is C13H15Br2NO3.